The smallest absolute Gasteiger partial charge is 0.283 e. The third-order valence-electron chi connectivity index (χ3n) is 4.91. The molecule has 2 aromatic rings. The van der Waals surface area contributed by atoms with Gasteiger partial charge in [-0.05, 0) is 49.2 Å². The summed E-state index contributed by atoms with van der Waals surface area (Å²) >= 11 is 1.23. The third kappa shape index (κ3) is 5.70. The maximum Gasteiger partial charge on any atom is 0.283 e. The summed E-state index contributed by atoms with van der Waals surface area (Å²) in [6, 6.07) is 14.6. The maximum absolute atomic E-state index is 13.3. The van der Waals surface area contributed by atoms with E-state index in [-0.39, 0.29) is 23.6 Å². The molecule has 1 heterocycles. The van der Waals surface area contributed by atoms with Gasteiger partial charge >= 0.3 is 0 Å². The highest BCUT2D eigenvalue weighted by Crippen LogP contribution is 2.31. The van der Waals surface area contributed by atoms with Crippen LogP contribution in [-0.4, -0.2) is 43.0 Å². The maximum atomic E-state index is 13.3. The molecule has 7 nitrogen and oxygen atoms in total. The minimum atomic E-state index is -0.265. The summed E-state index contributed by atoms with van der Waals surface area (Å²) in [7, 11) is 3.17. The third-order valence-corrected chi connectivity index (χ3v) is 5.85. The Kier molecular flexibility index (Phi) is 7.94. The fourth-order valence-corrected chi connectivity index (χ4v) is 3.80. The van der Waals surface area contributed by atoms with E-state index in [0.717, 1.165) is 17.7 Å². The monoisotopic (exact) mass is 453 g/mol. The highest BCUT2D eigenvalue weighted by atomic mass is 32.2. The lowest BCUT2D eigenvalue weighted by Crippen LogP contribution is -2.35. The molecule has 1 aliphatic heterocycles. The van der Waals surface area contributed by atoms with Gasteiger partial charge in [-0.2, -0.15) is 0 Å². The average molecular weight is 454 g/mol. The number of anilines is 1. The normalized spacial score (nSPS) is 15.5. The molecule has 8 heteroatoms. The van der Waals surface area contributed by atoms with Gasteiger partial charge in [0.25, 0.3) is 5.91 Å². The molecule has 168 valence electrons. The number of hydrogen-bond donors (Lipinski definition) is 1. The number of thioether (sulfide) groups is 1. The zero-order valence-corrected chi connectivity index (χ0v) is 19.4. The minimum Gasteiger partial charge on any atom is -0.497 e. The topological polar surface area (TPSA) is 80.2 Å². The van der Waals surface area contributed by atoms with Crippen LogP contribution in [0.5, 0.6) is 11.5 Å². The molecule has 2 aromatic carbocycles. The number of nitrogens with one attached hydrogen (secondary N) is 1. The van der Waals surface area contributed by atoms with Crippen molar-refractivity contribution in [2.45, 2.75) is 26.3 Å². The molecule has 0 fully saturated rings. The molecular formula is C24H27N3O4S. The second-order valence-electron chi connectivity index (χ2n) is 7.20. The van der Waals surface area contributed by atoms with Gasteiger partial charge in [0.2, 0.25) is 5.91 Å². The van der Waals surface area contributed by atoms with E-state index in [4.69, 9.17) is 9.47 Å². The number of rotatable bonds is 8. The van der Waals surface area contributed by atoms with Crippen molar-refractivity contribution in [2.24, 2.45) is 4.99 Å². The highest BCUT2D eigenvalue weighted by molar-refractivity contribution is 8.14. The first-order valence-electron chi connectivity index (χ1n) is 10.3. The van der Waals surface area contributed by atoms with Crippen LogP contribution in [-0.2, 0) is 9.59 Å². The lowest BCUT2D eigenvalue weighted by Gasteiger charge is -2.18. The van der Waals surface area contributed by atoms with Crippen LogP contribution in [0.2, 0.25) is 0 Å². The average Bonchev–Trinajstić information content (AvgIpc) is 3.12. The van der Waals surface area contributed by atoms with E-state index in [9.17, 15) is 9.59 Å². The molecular weight excluding hydrogens is 426 g/mol. The van der Waals surface area contributed by atoms with Crippen LogP contribution in [0.1, 0.15) is 25.8 Å². The molecule has 1 atom stereocenters. The van der Waals surface area contributed by atoms with Gasteiger partial charge < -0.3 is 14.8 Å². The van der Waals surface area contributed by atoms with Crippen molar-refractivity contribution in [3.63, 3.8) is 0 Å². The number of ether oxygens (including phenoxy) is 2. The Morgan fingerprint density at radius 1 is 1.16 bits per heavy atom. The highest BCUT2D eigenvalue weighted by Gasteiger charge is 2.32. The summed E-state index contributed by atoms with van der Waals surface area (Å²) in [5.74, 6) is 1.15. The number of carbonyl (C=O) groups excluding carboxylic acids is 2. The Labute approximate surface area is 192 Å². The van der Waals surface area contributed by atoms with Crippen molar-refractivity contribution in [1.29, 1.82) is 0 Å². The Hall–Kier alpha value is -3.26. The zero-order valence-electron chi connectivity index (χ0n) is 18.6. The van der Waals surface area contributed by atoms with E-state index in [1.807, 2.05) is 56.3 Å². The molecule has 0 aromatic heterocycles. The Morgan fingerprint density at radius 3 is 2.53 bits per heavy atom. The second-order valence-corrected chi connectivity index (χ2v) is 8.15. The minimum absolute atomic E-state index is 0.0928. The summed E-state index contributed by atoms with van der Waals surface area (Å²) < 4.78 is 10.5. The van der Waals surface area contributed by atoms with Crippen LogP contribution < -0.4 is 19.7 Å². The van der Waals surface area contributed by atoms with E-state index in [0.29, 0.717) is 22.3 Å². The van der Waals surface area contributed by atoms with Crippen molar-refractivity contribution in [3.8, 4) is 11.5 Å². The van der Waals surface area contributed by atoms with Crippen LogP contribution in [0.3, 0.4) is 0 Å². The van der Waals surface area contributed by atoms with Crippen molar-refractivity contribution in [3.05, 3.63) is 59.8 Å². The lowest BCUT2D eigenvalue weighted by molar-refractivity contribution is -0.119. The molecule has 2 amide bonds. The number of carbonyl (C=O) groups is 2. The second kappa shape index (κ2) is 10.9. The molecule has 0 bridgehead atoms. The first kappa shape index (κ1) is 23.4. The van der Waals surface area contributed by atoms with Gasteiger partial charge in [0, 0.05) is 12.1 Å². The van der Waals surface area contributed by atoms with Crippen molar-refractivity contribution in [2.75, 3.05) is 24.9 Å². The number of hydrogen-bond acceptors (Lipinski definition) is 6. The molecule has 0 radical (unpaired) electrons. The molecule has 1 aliphatic rings. The van der Waals surface area contributed by atoms with Gasteiger partial charge in [-0.3, -0.25) is 14.5 Å². The first-order valence-corrected chi connectivity index (χ1v) is 11.3. The summed E-state index contributed by atoms with van der Waals surface area (Å²) in [6.45, 7) is 3.97. The van der Waals surface area contributed by atoms with E-state index < -0.39 is 0 Å². The molecule has 0 saturated carbocycles. The van der Waals surface area contributed by atoms with Gasteiger partial charge in [-0.25, -0.2) is 4.99 Å². The van der Waals surface area contributed by atoms with Gasteiger partial charge in [0.05, 0.1) is 25.7 Å². The molecule has 1 N–H and O–H groups in total. The summed E-state index contributed by atoms with van der Waals surface area (Å²) in [6.07, 6.45) is 2.57. The van der Waals surface area contributed by atoms with Crippen LogP contribution in [0.4, 0.5) is 5.69 Å². The van der Waals surface area contributed by atoms with Crippen molar-refractivity contribution in [1.82, 2.24) is 5.32 Å². The Bertz CT molecular complexity index is 1030. The molecule has 0 spiro atoms. The molecule has 3 rings (SSSR count). The van der Waals surface area contributed by atoms with Crippen molar-refractivity contribution < 1.29 is 19.1 Å². The lowest BCUT2D eigenvalue weighted by atomic mass is 10.2. The van der Waals surface area contributed by atoms with Crippen LogP contribution in [0.25, 0.3) is 6.08 Å². The van der Waals surface area contributed by atoms with Crippen LogP contribution in [0, 0.1) is 0 Å². The summed E-state index contributed by atoms with van der Waals surface area (Å²) in [5.41, 5.74) is 1.74. The fraction of sp³-hybridized carbons (Fsp3) is 0.292. The Morgan fingerprint density at radius 2 is 1.88 bits per heavy atom. The van der Waals surface area contributed by atoms with Crippen LogP contribution in [0.15, 0.2) is 59.2 Å². The van der Waals surface area contributed by atoms with Gasteiger partial charge in [-0.1, -0.05) is 36.9 Å². The van der Waals surface area contributed by atoms with Crippen LogP contribution >= 0.6 is 11.8 Å². The van der Waals surface area contributed by atoms with Gasteiger partial charge in [0.1, 0.15) is 17.2 Å². The Balaban J connectivity index is 1.89. The predicted octanol–water partition coefficient (Wildman–Crippen LogP) is 4.10. The van der Waals surface area contributed by atoms with E-state index in [2.05, 4.69) is 10.3 Å². The SMILES string of the molecule is CC[C@@H](C)NC(=O)CSC1=N/C(=C\c2ccc(OC)cc2)C(=O)N1c1cccc(OC)c1. The zero-order chi connectivity index (χ0) is 23.1. The predicted molar refractivity (Wildman–Crippen MR) is 129 cm³/mol. The molecule has 0 saturated heterocycles. The van der Waals surface area contributed by atoms with Crippen molar-refractivity contribution >= 4 is 40.5 Å². The number of aliphatic imine (C=N–C) groups is 1. The number of nitrogens with zero attached hydrogens (tertiary/aromatic N) is 2. The summed E-state index contributed by atoms with van der Waals surface area (Å²) in [5, 5.41) is 3.38. The van der Waals surface area contributed by atoms with Gasteiger partial charge in [0.15, 0.2) is 5.17 Å². The van der Waals surface area contributed by atoms with E-state index >= 15 is 0 Å². The molecule has 0 aliphatic carbocycles. The number of amides is 2. The summed E-state index contributed by atoms with van der Waals surface area (Å²) in [4.78, 5) is 31.6. The number of methoxy groups -OCH3 is 2. The number of benzene rings is 2. The quantitative estimate of drug-likeness (QED) is 0.609. The molecule has 32 heavy (non-hydrogen) atoms. The van der Waals surface area contributed by atoms with E-state index in [1.54, 1.807) is 26.4 Å². The van der Waals surface area contributed by atoms with E-state index in [1.165, 1.54) is 16.7 Å². The largest absolute Gasteiger partial charge is 0.497 e. The van der Waals surface area contributed by atoms with Gasteiger partial charge in [-0.15, -0.1) is 0 Å². The molecule has 0 unspecified atom stereocenters. The first-order chi connectivity index (χ1) is 15.4. The fourth-order valence-electron chi connectivity index (χ4n) is 2.98. The number of amidine groups is 1. The standard InChI is InChI=1S/C24H27N3O4S/c1-5-16(2)25-22(28)15-32-24-26-21(13-17-9-11-19(30-3)12-10-17)23(29)27(24)18-7-6-8-20(14-18)31-4/h6-14,16H,5,15H2,1-4H3,(H,25,28)/b21-13-/t16-/m1/s1.